The fraction of sp³-hybridized carbons (Fsp3) is 0.391. The van der Waals surface area contributed by atoms with Crippen molar-refractivity contribution in [2.45, 2.75) is 53.2 Å². The van der Waals surface area contributed by atoms with Crippen LogP contribution in [0.25, 0.3) is 0 Å². The molecule has 0 unspecified atom stereocenters. The minimum absolute atomic E-state index is 0.0143. The van der Waals surface area contributed by atoms with Crippen molar-refractivity contribution in [1.82, 2.24) is 10.2 Å². The molecule has 0 saturated carbocycles. The number of benzene rings is 2. The van der Waals surface area contributed by atoms with Gasteiger partial charge in [0.15, 0.2) is 6.61 Å². The number of halogens is 1. The highest BCUT2D eigenvalue weighted by molar-refractivity contribution is 6.30. The van der Waals surface area contributed by atoms with Gasteiger partial charge >= 0.3 is 0 Å². The highest BCUT2D eigenvalue weighted by atomic mass is 35.5. The van der Waals surface area contributed by atoms with E-state index in [-0.39, 0.29) is 31.0 Å². The first-order valence-corrected chi connectivity index (χ1v) is 10.1. The third kappa shape index (κ3) is 7.09. The van der Waals surface area contributed by atoms with Gasteiger partial charge in [0.25, 0.3) is 5.91 Å². The molecule has 2 aromatic carbocycles. The summed E-state index contributed by atoms with van der Waals surface area (Å²) in [6.07, 6.45) is 0. The molecule has 29 heavy (non-hydrogen) atoms. The Bertz CT molecular complexity index is 847. The highest BCUT2D eigenvalue weighted by Gasteiger charge is 2.27. The van der Waals surface area contributed by atoms with Crippen LogP contribution >= 0.6 is 11.6 Å². The summed E-state index contributed by atoms with van der Waals surface area (Å²) in [4.78, 5) is 27.1. The Morgan fingerprint density at radius 3 is 2.31 bits per heavy atom. The van der Waals surface area contributed by atoms with Gasteiger partial charge in [-0.1, -0.05) is 29.8 Å². The third-order valence-corrected chi connectivity index (χ3v) is 4.63. The Balaban J connectivity index is 2.17. The molecule has 0 fully saturated rings. The molecule has 0 bridgehead atoms. The number of nitrogens with zero attached hydrogens (tertiary/aromatic N) is 1. The fourth-order valence-corrected chi connectivity index (χ4v) is 3.28. The van der Waals surface area contributed by atoms with Crippen LogP contribution in [0.4, 0.5) is 0 Å². The van der Waals surface area contributed by atoms with E-state index in [0.717, 1.165) is 16.7 Å². The van der Waals surface area contributed by atoms with Crippen molar-refractivity contribution in [3.05, 3.63) is 64.2 Å². The summed E-state index contributed by atoms with van der Waals surface area (Å²) in [6, 6.07) is 12.4. The third-order valence-electron chi connectivity index (χ3n) is 4.40. The first kappa shape index (κ1) is 22.8. The average molecular weight is 417 g/mol. The summed E-state index contributed by atoms with van der Waals surface area (Å²) in [6.45, 7) is 9.56. The maximum atomic E-state index is 13.0. The van der Waals surface area contributed by atoms with Gasteiger partial charge in [0, 0.05) is 17.6 Å². The lowest BCUT2D eigenvalue weighted by molar-refractivity contribution is -0.142. The number of aryl methyl sites for hydroxylation is 2. The van der Waals surface area contributed by atoms with Gasteiger partial charge in [-0.15, -0.1) is 0 Å². The Kier molecular flexibility index (Phi) is 8.09. The molecule has 2 amide bonds. The van der Waals surface area contributed by atoms with Crippen LogP contribution in [0.2, 0.25) is 5.02 Å². The van der Waals surface area contributed by atoms with Crippen molar-refractivity contribution in [3.8, 4) is 5.75 Å². The molecule has 2 aromatic rings. The lowest BCUT2D eigenvalue weighted by Crippen LogP contribution is -2.50. The predicted molar refractivity (Wildman–Crippen MR) is 116 cm³/mol. The molecule has 0 heterocycles. The van der Waals surface area contributed by atoms with Crippen LogP contribution in [-0.4, -0.2) is 35.4 Å². The zero-order valence-corrected chi connectivity index (χ0v) is 18.4. The molecule has 0 saturated heterocycles. The average Bonchev–Trinajstić information content (AvgIpc) is 2.62. The summed E-state index contributed by atoms with van der Waals surface area (Å²) in [5, 5.41) is 3.45. The van der Waals surface area contributed by atoms with E-state index in [1.54, 1.807) is 19.1 Å². The number of carbonyl (C=O) groups excluding carboxylic acids is 2. The van der Waals surface area contributed by atoms with E-state index < -0.39 is 6.04 Å². The Labute approximate surface area is 178 Å². The van der Waals surface area contributed by atoms with Crippen LogP contribution in [0, 0.1) is 13.8 Å². The smallest absolute Gasteiger partial charge is 0.261 e. The van der Waals surface area contributed by atoms with Crippen molar-refractivity contribution in [3.63, 3.8) is 0 Å². The van der Waals surface area contributed by atoms with Gasteiger partial charge in [-0.25, -0.2) is 0 Å². The number of hydrogen-bond donors (Lipinski definition) is 1. The molecule has 156 valence electrons. The van der Waals surface area contributed by atoms with Gasteiger partial charge in [-0.05, 0) is 75.6 Å². The SMILES string of the molecule is Cc1cc(C)cc(OCC(=O)N(Cc2cccc(Cl)c2)[C@@H](C)C(=O)NC(C)C)c1. The number of carbonyl (C=O) groups is 2. The van der Waals surface area contributed by atoms with Crippen molar-refractivity contribution >= 4 is 23.4 Å². The summed E-state index contributed by atoms with van der Waals surface area (Å²) in [5.41, 5.74) is 2.97. The summed E-state index contributed by atoms with van der Waals surface area (Å²) in [7, 11) is 0. The normalized spacial score (nSPS) is 11.8. The number of amides is 2. The maximum absolute atomic E-state index is 13.0. The van der Waals surface area contributed by atoms with E-state index in [1.807, 2.05) is 58.0 Å². The van der Waals surface area contributed by atoms with Gasteiger partial charge in [-0.3, -0.25) is 9.59 Å². The zero-order chi connectivity index (χ0) is 21.6. The Morgan fingerprint density at radius 1 is 1.07 bits per heavy atom. The van der Waals surface area contributed by atoms with Crippen LogP contribution in [0.3, 0.4) is 0 Å². The molecule has 5 nitrogen and oxygen atoms in total. The van der Waals surface area contributed by atoms with Gasteiger partial charge in [0.1, 0.15) is 11.8 Å². The number of hydrogen-bond acceptors (Lipinski definition) is 3. The van der Waals surface area contributed by atoms with E-state index >= 15 is 0 Å². The summed E-state index contributed by atoms with van der Waals surface area (Å²) >= 11 is 6.08. The van der Waals surface area contributed by atoms with Crippen molar-refractivity contribution in [2.24, 2.45) is 0 Å². The molecule has 0 aliphatic rings. The molecule has 1 N–H and O–H groups in total. The Hall–Kier alpha value is -2.53. The molecule has 6 heteroatoms. The van der Waals surface area contributed by atoms with Crippen LogP contribution in [-0.2, 0) is 16.1 Å². The lowest BCUT2D eigenvalue weighted by Gasteiger charge is -2.29. The van der Waals surface area contributed by atoms with Gasteiger partial charge in [-0.2, -0.15) is 0 Å². The van der Waals surface area contributed by atoms with Crippen LogP contribution < -0.4 is 10.1 Å². The largest absolute Gasteiger partial charge is 0.484 e. The number of ether oxygens (including phenoxy) is 1. The first-order valence-electron chi connectivity index (χ1n) is 9.71. The second-order valence-electron chi connectivity index (χ2n) is 7.60. The van der Waals surface area contributed by atoms with E-state index in [0.29, 0.717) is 10.8 Å². The maximum Gasteiger partial charge on any atom is 0.261 e. The van der Waals surface area contributed by atoms with E-state index in [4.69, 9.17) is 16.3 Å². The fourth-order valence-electron chi connectivity index (χ4n) is 3.06. The van der Waals surface area contributed by atoms with Crippen LogP contribution in [0.5, 0.6) is 5.75 Å². The number of rotatable bonds is 8. The first-order chi connectivity index (χ1) is 13.7. The van der Waals surface area contributed by atoms with E-state index in [9.17, 15) is 9.59 Å². The second kappa shape index (κ2) is 10.3. The van der Waals surface area contributed by atoms with Crippen LogP contribution in [0.15, 0.2) is 42.5 Å². The van der Waals surface area contributed by atoms with Crippen molar-refractivity contribution < 1.29 is 14.3 Å². The second-order valence-corrected chi connectivity index (χ2v) is 8.04. The molecule has 2 rings (SSSR count). The van der Waals surface area contributed by atoms with Crippen molar-refractivity contribution in [1.29, 1.82) is 0 Å². The minimum atomic E-state index is -0.647. The zero-order valence-electron chi connectivity index (χ0n) is 17.7. The molecule has 1 atom stereocenters. The van der Waals surface area contributed by atoms with Crippen molar-refractivity contribution in [2.75, 3.05) is 6.61 Å². The topological polar surface area (TPSA) is 58.6 Å². The molecular formula is C23H29ClN2O3. The van der Waals surface area contributed by atoms with Crippen LogP contribution in [0.1, 0.15) is 37.5 Å². The minimum Gasteiger partial charge on any atom is -0.484 e. The van der Waals surface area contributed by atoms with Gasteiger partial charge in [0.05, 0.1) is 0 Å². The Morgan fingerprint density at radius 2 is 1.72 bits per heavy atom. The molecule has 0 aliphatic carbocycles. The highest BCUT2D eigenvalue weighted by Crippen LogP contribution is 2.18. The monoisotopic (exact) mass is 416 g/mol. The number of nitrogens with one attached hydrogen (secondary N) is 1. The van der Waals surface area contributed by atoms with E-state index in [1.165, 1.54) is 4.90 Å². The molecular weight excluding hydrogens is 388 g/mol. The summed E-state index contributed by atoms with van der Waals surface area (Å²) in [5.74, 6) is 0.162. The molecule has 0 radical (unpaired) electrons. The summed E-state index contributed by atoms with van der Waals surface area (Å²) < 4.78 is 5.73. The lowest BCUT2D eigenvalue weighted by atomic mass is 10.1. The molecule has 0 aromatic heterocycles. The molecule has 0 spiro atoms. The van der Waals surface area contributed by atoms with E-state index in [2.05, 4.69) is 5.32 Å². The van der Waals surface area contributed by atoms with Gasteiger partial charge in [0.2, 0.25) is 5.91 Å². The molecule has 0 aliphatic heterocycles. The predicted octanol–water partition coefficient (Wildman–Crippen LogP) is 4.28. The standard InChI is InChI=1S/C23H29ClN2O3/c1-15(2)25-23(28)18(5)26(13-19-7-6-8-20(24)12-19)22(27)14-29-21-10-16(3)9-17(4)11-21/h6-12,15,18H,13-14H2,1-5H3,(H,25,28)/t18-/m0/s1. The quantitative estimate of drug-likeness (QED) is 0.698. The van der Waals surface area contributed by atoms with Gasteiger partial charge < -0.3 is 15.0 Å².